The molecule has 6 heteroatoms. The predicted molar refractivity (Wildman–Crippen MR) is 75.9 cm³/mol. The van der Waals surface area contributed by atoms with E-state index in [0.29, 0.717) is 5.82 Å². The number of nitrogens with two attached hydrogens (primary N) is 1. The van der Waals surface area contributed by atoms with Crippen LogP contribution in [-0.4, -0.2) is 32.4 Å². The van der Waals surface area contributed by atoms with Crippen molar-refractivity contribution in [2.75, 3.05) is 12.3 Å². The molecular formula is C14H20N4O2. The molecule has 0 aliphatic carbocycles. The highest BCUT2D eigenvalue weighted by Gasteiger charge is 2.48. The van der Waals surface area contributed by atoms with Crippen LogP contribution in [0.2, 0.25) is 0 Å². The van der Waals surface area contributed by atoms with Crippen LogP contribution < -0.4 is 5.73 Å². The number of hydrogen-bond donors (Lipinski definition) is 2. The highest BCUT2D eigenvalue weighted by atomic mass is 16.5. The van der Waals surface area contributed by atoms with Crippen LogP contribution in [0.15, 0.2) is 18.6 Å². The van der Waals surface area contributed by atoms with Gasteiger partial charge in [-0.05, 0) is 12.0 Å². The maximum atomic E-state index is 9.46. The van der Waals surface area contributed by atoms with E-state index in [4.69, 9.17) is 10.5 Å². The van der Waals surface area contributed by atoms with Gasteiger partial charge in [-0.1, -0.05) is 20.8 Å². The summed E-state index contributed by atoms with van der Waals surface area (Å²) in [5, 5.41) is 10.3. The van der Waals surface area contributed by atoms with Crippen LogP contribution in [0.3, 0.4) is 0 Å². The van der Waals surface area contributed by atoms with Gasteiger partial charge in [-0.25, -0.2) is 9.97 Å². The van der Waals surface area contributed by atoms with Gasteiger partial charge in [0.05, 0.1) is 18.1 Å². The van der Waals surface area contributed by atoms with Gasteiger partial charge in [0.2, 0.25) is 0 Å². The van der Waals surface area contributed by atoms with Crippen LogP contribution in [0.5, 0.6) is 0 Å². The number of hydrogen-bond acceptors (Lipinski definition) is 5. The Balaban J connectivity index is 2.10. The van der Waals surface area contributed by atoms with Crippen LogP contribution in [0.1, 0.15) is 27.0 Å². The molecule has 0 amide bonds. The normalized spacial score (nSPS) is 29.1. The van der Waals surface area contributed by atoms with Gasteiger partial charge in [-0.2, -0.15) is 0 Å². The zero-order valence-corrected chi connectivity index (χ0v) is 11.9. The molecule has 3 rings (SSSR count). The fraction of sp³-hybridized carbons (Fsp3) is 0.571. The van der Waals surface area contributed by atoms with Crippen LogP contribution >= 0.6 is 0 Å². The molecule has 3 atom stereocenters. The Kier molecular flexibility index (Phi) is 2.95. The summed E-state index contributed by atoms with van der Waals surface area (Å²) < 4.78 is 8.03. The van der Waals surface area contributed by atoms with E-state index in [0.717, 1.165) is 11.0 Å². The first-order chi connectivity index (χ1) is 9.46. The lowest BCUT2D eigenvalue weighted by atomic mass is 9.78. The first-order valence-electron chi connectivity index (χ1n) is 6.80. The number of aliphatic hydroxyl groups is 1. The summed E-state index contributed by atoms with van der Waals surface area (Å²) in [4.78, 5) is 8.32. The van der Waals surface area contributed by atoms with Crippen molar-refractivity contribution in [1.29, 1.82) is 0 Å². The first kappa shape index (κ1) is 13.3. The fourth-order valence-corrected chi connectivity index (χ4v) is 2.97. The molecule has 0 saturated carbocycles. The number of aliphatic hydroxyl groups excluding tert-OH is 1. The smallest absolute Gasteiger partial charge is 0.147 e. The van der Waals surface area contributed by atoms with Gasteiger partial charge in [0.1, 0.15) is 24.0 Å². The molecule has 2 aromatic heterocycles. The second-order valence-electron chi connectivity index (χ2n) is 6.04. The average molecular weight is 276 g/mol. The number of nitrogen functional groups attached to an aromatic ring is 1. The van der Waals surface area contributed by atoms with Gasteiger partial charge in [0, 0.05) is 11.6 Å². The number of nitrogens with zero attached hydrogens (tertiary/aromatic N) is 3. The maximum absolute atomic E-state index is 9.46. The minimum absolute atomic E-state index is 0.0252. The quantitative estimate of drug-likeness (QED) is 0.869. The summed E-state index contributed by atoms with van der Waals surface area (Å²) in [6, 6.07) is 1.90. The first-order valence-corrected chi connectivity index (χ1v) is 6.80. The Labute approximate surface area is 117 Å². The van der Waals surface area contributed by atoms with Crippen molar-refractivity contribution < 1.29 is 9.84 Å². The molecule has 1 aliphatic heterocycles. The zero-order valence-electron chi connectivity index (χ0n) is 11.9. The van der Waals surface area contributed by atoms with Gasteiger partial charge in [-0.3, -0.25) is 0 Å². The maximum Gasteiger partial charge on any atom is 0.147 e. The molecule has 3 unspecified atom stereocenters. The Morgan fingerprint density at radius 2 is 2.20 bits per heavy atom. The van der Waals surface area contributed by atoms with E-state index in [1.54, 1.807) is 0 Å². The topological polar surface area (TPSA) is 86.2 Å². The van der Waals surface area contributed by atoms with Crippen LogP contribution in [0, 0.1) is 11.3 Å². The zero-order chi connectivity index (χ0) is 14.5. The molecular weight excluding hydrogens is 256 g/mol. The minimum atomic E-state index is -0.179. The molecule has 0 spiro atoms. The fourth-order valence-electron chi connectivity index (χ4n) is 2.97. The second kappa shape index (κ2) is 4.43. The summed E-state index contributed by atoms with van der Waals surface area (Å²) in [6.45, 7) is 6.43. The number of ether oxygens (including phenoxy) is 1. The number of aromatic nitrogens is 3. The van der Waals surface area contributed by atoms with Gasteiger partial charge >= 0.3 is 0 Å². The predicted octanol–water partition coefficient (Wildman–Crippen LogP) is 1.57. The SMILES string of the molecule is CC1C(CO)OC(n2ccc3c(N)ncnc32)C1(C)C. The van der Waals surface area contributed by atoms with E-state index < -0.39 is 0 Å². The summed E-state index contributed by atoms with van der Waals surface area (Å²) in [5.41, 5.74) is 6.52. The number of rotatable bonds is 2. The average Bonchev–Trinajstić information content (AvgIpc) is 2.92. The highest BCUT2D eigenvalue weighted by Crippen LogP contribution is 2.49. The summed E-state index contributed by atoms with van der Waals surface area (Å²) in [5.74, 6) is 0.713. The lowest BCUT2D eigenvalue weighted by Crippen LogP contribution is -2.28. The van der Waals surface area contributed by atoms with E-state index in [-0.39, 0.29) is 30.3 Å². The molecule has 6 nitrogen and oxygen atoms in total. The summed E-state index contributed by atoms with van der Waals surface area (Å²) in [6.07, 6.45) is 3.05. The van der Waals surface area contributed by atoms with E-state index in [9.17, 15) is 5.11 Å². The Hall–Kier alpha value is -1.66. The van der Waals surface area contributed by atoms with Crippen molar-refractivity contribution in [3.8, 4) is 0 Å². The van der Waals surface area contributed by atoms with Crippen molar-refractivity contribution in [3.63, 3.8) is 0 Å². The lowest BCUT2D eigenvalue weighted by molar-refractivity contribution is -0.0454. The van der Waals surface area contributed by atoms with E-state index >= 15 is 0 Å². The standard InChI is InChI=1S/C14H20N4O2/c1-8-10(6-19)20-13(14(8,2)3)18-5-4-9-11(15)16-7-17-12(9)18/h4-5,7-8,10,13,19H,6H2,1-3H3,(H2,15,16,17). The summed E-state index contributed by atoms with van der Waals surface area (Å²) >= 11 is 0. The molecule has 1 fully saturated rings. The molecule has 1 saturated heterocycles. The molecule has 3 heterocycles. The van der Waals surface area contributed by atoms with Gasteiger partial charge in [0.15, 0.2) is 0 Å². The second-order valence-corrected chi connectivity index (χ2v) is 6.04. The third-order valence-electron chi connectivity index (χ3n) is 4.64. The molecule has 108 valence electrons. The molecule has 1 aliphatic rings. The Morgan fingerprint density at radius 1 is 1.45 bits per heavy atom. The highest BCUT2D eigenvalue weighted by molar-refractivity contribution is 5.86. The molecule has 0 radical (unpaired) electrons. The lowest BCUT2D eigenvalue weighted by Gasteiger charge is -2.30. The molecule has 20 heavy (non-hydrogen) atoms. The van der Waals surface area contributed by atoms with Crippen molar-refractivity contribution >= 4 is 16.9 Å². The van der Waals surface area contributed by atoms with Crippen molar-refractivity contribution in [2.45, 2.75) is 33.1 Å². The molecule has 0 aromatic carbocycles. The van der Waals surface area contributed by atoms with E-state index in [1.807, 2.05) is 16.8 Å². The monoisotopic (exact) mass is 276 g/mol. The van der Waals surface area contributed by atoms with Gasteiger partial charge in [-0.15, -0.1) is 0 Å². The van der Waals surface area contributed by atoms with E-state index in [1.165, 1.54) is 6.33 Å². The van der Waals surface area contributed by atoms with Gasteiger partial charge < -0.3 is 20.1 Å². The van der Waals surface area contributed by atoms with Crippen LogP contribution in [0.25, 0.3) is 11.0 Å². The van der Waals surface area contributed by atoms with E-state index in [2.05, 4.69) is 30.7 Å². The van der Waals surface area contributed by atoms with Crippen molar-refractivity contribution in [2.24, 2.45) is 11.3 Å². The largest absolute Gasteiger partial charge is 0.394 e. The van der Waals surface area contributed by atoms with Crippen LogP contribution in [-0.2, 0) is 4.74 Å². The van der Waals surface area contributed by atoms with Crippen molar-refractivity contribution in [1.82, 2.24) is 14.5 Å². The number of anilines is 1. The number of fused-ring (bicyclic) bond motifs is 1. The minimum Gasteiger partial charge on any atom is -0.394 e. The Morgan fingerprint density at radius 3 is 2.85 bits per heavy atom. The van der Waals surface area contributed by atoms with Crippen molar-refractivity contribution in [3.05, 3.63) is 18.6 Å². The molecule has 3 N–H and O–H groups in total. The molecule has 0 bridgehead atoms. The molecule has 2 aromatic rings. The third-order valence-corrected chi connectivity index (χ3v) is 4.64. The van der Waals surface area contributed by atoms with Gasteiger partial charge in [0.25, 0.3) is 0 Å². The third kappa shape index (κ3) is 1.72. The summed E-state index contributed by atoms with van der Waals surface area (Å²) in [7, 11) is 0. The van der Waals surface area contributed by atoms with Crippen LogP contribution in [0.4, 0.5) is 5.82 Å². The Bertz CT molecular complexity index is 637.